The average molecular weight is 415 g/mol. The molecule has 5 nitrogen and oxygen atoms in total. The molecule has 1 fully saturated rings. The van der Waals surface area contributed by atoms with Crippen molar-refractivity contribution in [3.63, 3.8) is 0 Å². The second kappa shape index (κ2) is 10.9. The molecule has 3 rings (SSSR count). The zero-order chi connectivity index (χ0) is 20.5. The van der Waals surface area contributed by atoms with Gasteiger partial charge in [-0.25, -0.2) is 5.43 Å². The van der Waals surface area contributed by atoms with Gasteiger partial charge in [-0.2, -0.15) is 5.10 Å². The van der Waals surface area contributed by atoms with Crippen LogP contribution in [0, 0.1) is 0 Å². The van der Waals surface area contributed by atoms with Gasteiger partial charge in [-0.05, 0) is 54.7 Å². The van der Waals surface area contributed by atoms with E-state index >= 15 is 0 Å². The maximum absolute atomic E-state index is 10.9. The van der Waals surface area contributed by atoms with Crippen molar-refractivity contribution in [2.45, 2.75) is 44.9 Å². The Morgan fingerprint density at radius 2 is 1.83 bits per heavy atom. The molecule has 2 aromatic rings. The quantitative estimate of drug-likeness (QED) is 0.361. The molecule has 0 unspecified atom stereocenters. The van der Waals surface area contributed by atoms with Gasteiger partial charge in [0.05, 0.1) is 6.21 Å². The standard InChI is InChI=1S/C23H27ClN2O3/c1-17(27)26-25-16-20-15-21(24)9-12-23(20)29-14-13-28-22-10-7-19(8-11-22)18-5-3-2-4-6-18/h7-12,15-16,18H,2-6,13-14H2,1H3,(H,26,27)/b25-16-. The summed E-state index contributed by atoms with van der Waals surface area (Å²) in [5, 5.41) is 4.44. The molecule has 0 bridgehead atoms. The molecule has 0 atom stereocenters. The molecule has 1 saturated carbocycles. The van der Waals surface area contributed by atoms with E-state index in [2.05, 4.69) is 22.7 Å². The van der Waals surface area contributed by atoms with E-state index < -0.39 is 0 Å². The highest BCUT2D eigenvalue weighted by molar-refractivity contribution is 6.30. The predicted molar refractivity (Wildman–Crippen MR) is 116 cm³/mol. The molecule has 0 heterocycles. The van der Waals surface area contributed by atoms with Crippen LogP contribution in [0.25, 0.3) is 0 Å². The van der Waals surface area contributed by atoms with Crippen LogP contribution in [0.4, 0.5) is 0 Å². The highest BCUT2D eigenvalue weighted by Gasteiger charge is 2.15. The molecular formula is C23H27ClN2O3. The smallest absolute Gasteiger partial charge is 0.236 e. The number of carbonyl (C=O) groups excluding carboxylic acids is 1. The summed E-state index contributed by atoms with van der Waals surface area (Å²) in [4.78, 5) is 10.9. The normalized spacial score (nSPS) is 14.7. The number of nitrogens with zero attached hydrogens (tertiary/aromatic N) is 1. The molecule has 0 spiro atoms. The number of amides is 1. The van der Waals surface area contributed by atoms with Crippen molar-refractivity contribution in [1.29, 1.82) is 0 Å². The van der Waals surface area contributed by atoms with Gasteiger partial charge in [0.25, 0.3) is 0 Å². The van der Waals surface area contributed by atoms with Crippen LogP contribution in [0.5, 0.6) is 11.5 Å². The van der Waals surface area contributed by atoms with Gasteiger partial charge in [0.1, 0.15) is 24.7 Å². The van der Waals surface area contributed by atoms with Crippen LogP contribution in [-0.2, 0) is 4.79 Å². The number of benzene rings is 2. The Bertz CT molecular complexity index is 831. The minimum atomic E-state index is -0.242. The Hall–Kier alpha value is -2.53. The zero-order valence-electron chi connectivity index (χ0n) is 16.7. The van der Waals surface area contributed by atoms with Crippen molar-refractivity contribution >= 4 is 23.7 Å². The van der Waals surface area contributed by atoms with E-state index in [1.54, 1.807) is 18.2 Å². The molecule has 2 aromatic carbocycles. The van der Waals surface area contributed by atoms with Crippen LogP contribution in [0.15, 0.2) is 47.6 Å². The first-order valence-electron chi connectivity index (χ1n) is 10.1. The molecule has 1 amide bonds. The molecule has 154 valence electrons. The van der Waals surface area contributed by atoms with E-state index in [1.807, 2.05) is 12.1 Å². The number of hydrazone groups is 1. The monoisotopic (exact) mass is 414 g/mol. The summed E-state index contributed by atoms with van der Waals surface area (Å²) in [6.07, 6.45) is 8.13. The molecule has 0 aromatic heterocycles. The lowest BCUT2D eigenvalue weighted by atomic mass is 9.84. The van der Waals surface area contributed by atoms with Crippen LogP contribution in [0.2, 0.25) is 5.02 Å². The maximum atomic E-state index is 10.9. The van der Waals surface area contributed by atoms with Gasteiger partial charge in [-0.15, -0.1) is 0 Å². The summed E-state index contributed by atoms with van der Waals surface area (Å²) in [6, 6.07) is 13.7. The van der Waals surface area contributed by atoms with Crippen LogP contribution in [0.3, 0.4) is 0 Å². The van der Waals surface area contributed by atoms with Crippen LogP contribution in [-0.4, -0.2) is 25.3 Å². The van der Waals surface area contributed by atoms with Crippen molar-refractivity contribution in [2.75, 3.05) is 13.2 Å². The van der Waals surface area contributed by atoms with E-state index in [0.717, 1.165) is 5.75 Å². The number of carbonyl (C=O) groups is 1. The number of ether oxygens (including phenoxy) is 2. The van der Waals surface area contributed by atoms with Crippen molar-refractivity contribution in [1.82, 2.24) is 5.43 Å². The number of nitrogens with one attached hydrogen (secondary N) is 1. The van der Waals surface area contributed by atoms with E-state index in [0.29, 0.717) is 35.5 Å². The third-order valence-corrected chi connectivity index (χ3v) is 5.20. The molecule has 1 N–H and O–H groups in total. The Balaban J connectivity index is 1.49. The predicted octanol–water partition coefficient (Wildman–Crippen LogP) is 5.32. The lowest BCUT2D eigenvalue weighted by Crippen LogP contribution is -2.13. The minimum Gasteiger partial charge on any atom is -0.490 e. The van der Waals surface area contributed by atoms with E-state index in [4.69, 9.17) is 21.1 Å². The number of hydrogen-bond donors (Lipinski definition) is 1. The second-order valence-corrected chi connectivity index (χ2v) is 7.65. The first-order valence-corrected chi connectivity index (χ1v) is 10.4. The summed E-state index contributed by atoms with van der Waals surface area (Å²) in [7, 11) is 0. The highest BCUT2D eigenvalue weighted by Crippen LogP contribution is 2.33. The van der Waals surface area contributed by atoms with Gasteiger partial charge in [0, 0.05) is 17.5 Å². The maximum Gasteiger partial charge on any atom is 0.236 e. The second-order valence-electron chi connectivity index (χ2n) is 7.21. The van der Waals surface area contributed by atoms with Gasteiger partial charge < -0.3 is 9.47 Å². The third kappa shape index (κ3) is 6.79. The molecule has 29 heavy (non-hydrogen) atoms. The zero-order valence-corrected chi connectivity index (χ0v) is 17.5. The van der Waals surface area contributed by atoms with E-state index in [9.17, 15) is 4.79 Å². The highest BCUT2D eigenvalue weighted by atomic mass is 35.5. The fourth-order valence-electron chi connectivity index (χ4n) is 3.53. The molecule has 0 aliphatic heterocycles. The van der Waals surface area contributed by atoms with Gasteiger partial charge in [0.2, 0.25) is 5.91 Å². The van der Waals surface area contributed by atoms with Crippen molar-refractivity contribution in [3.05, 3.63) is 58.6 Å². The molecule has 6 heteroatoms. The van der Waals surface area contributed by atoms with Crippen LogP contribution < -0.4 is 14.9 Å². The summed E-state index contributed by atoms with van der Waals surface area (Å²) in [5.74, 6) is 1.92. The Morgan fingerprint density at radius 1 is 1.10 bits per heavy atom. The summed E-state index contributed by atoms with van der Waals surface area (Å²) in [6.45, 7) is 2.20. The van der Waals surface area contributed by atoms with Crippen molar-refractivity contribution < 1.29 is 14.3 Å². The van der Waals surface area contributed by atoms with Gasteiger partial charge >= 0.3 is 0 Å². The number of halogens is 1. The fraction of sp³-hybridized carbons (Fsp3) is 0.391. The molecule has 1 aliphatic rings. The average Bonchev–Trinajstić information content (AvgIpc) is 2.73. The van der Waals surface area contributed by atoms with Gasteiger partial charge in [-0.3, -0.25) is 4.79 Å². The van der Waals surface area contributed by atoms with Gasteiger partial charge in [0.15, 0.2) is 0 Å². The van der Waals surface area contributed by atoms with Crippen LogP contribution >= 0.6 is 11.6 Å². The lowest BCUT2D eigenvalue weighted by Gasteiger charge is -2.22. The number of rotatable bonds is 8. The first kappa shape index (κ1) is 21.2. The Kier molecular flexibility index (Phi) is 7.94. The number of hydrogen-bond acceptors (Lipinski definition) is 4. The topological polar surface area (TPSA) is 59.9 Å². The molecular weight excluding hydrogens is 388 g/mol. The Labute approximate surface area is 177 Å². The lowest BCUT2D eigenvalue weighted by molar-refractivity contribution is -0.118. The van der Waals surface area contributed by atoms with Crippen LogP contribution in [0.1, 0.15) is 56.1 Å². The summed E-state index contributed by atoms with van der Waals surface area (Å²) in [5.41, 5.74) is 4.46. The van der Waals surface area contributed by atoms with Crippen molar-refractivity contribution in [2.24, 2.45) is 5.10 Å². The SMILES string of the molecule is CC(=O)N/N=C\c1cc(Cl)ccc1OCCOc1ccc(C2CCCCC2)cc1. The minimum absolute atomic E-state index is 0.242. The first-order chi connectivity index (χ1) is 14.1. The van der Waals surface area contributed by atoms with Crippen molar-refractivity contribution in [3.8, 4) is 11.5 Å². The van der Waals surface area contributed by atoms with E-state index in [1.165, 1.54) is 50.8 Å². The Morgan fingerprint density at radius 3 is 2.55 bits per heavy atom. The fourth-order valence-corrected chi connectivity index (χ4v) is 3.71. The van der Waals surface area contributed by atoms with E-state index in [-0.39, 0.29) is 5.91 Å². The summed E-state index contributed by atoms with van der Waals surface area (Å²) >= 11 is 6.04. The molecule has 1 aliphatic carbocycles. The molecule has 0 saturated heterocycles. The third-order valence-electron chi connectivity index (χ3n) is 4.96. The van der Waals surface area contributed by atoms with Gasteiger partial charge in [-0.1, -0.05) is 43.0 Å². The molecule has 0 radical (unpaired) electrons. The largest absolute Gasteiger partial charge is 0.490 e. The summed E-state index contributed by atoms with van der Waals surface area (Å²) < 4.78 is 11.6.